The summed E-state index contributed by atoms with van der Waals surface area (Å²) in [7, 11) is 2.02. The molecule has 2 nitrogen and oxygen atoms in total. The minimum atomic E-state index is 0.316. The molecule has 0 radical (unpaired) electrons. The van der Waals surface area contributed by atoms with Gasteiger partial charge in [-0.1, -0.05) is 41.1 Å². The number of aryl methyl sites for hydroxylation is 1. The first-order valence-corrected chi connectivity index (χ1v) is 7.39. The Bertz CT molecular complexity index is 540. The molecule has 1 heterocycles. The molecule has 100 valence electrons. The Hall–Kier alpha value is -1.19. The molecule has 0 aliphatic carbocycles. The highest BCUT2D eigenvalue weighted by molar-refractivity contribution is 9.10. The van der Waals surface area contributed by atoms with E-state index in [0.29, 0.717) is 6.04 Å². The maximum atomic E-state index is 4.22. The van der Waals surface area contributed by atoms with Crippen LogP contribution in [0.15, 0.2) is 47.2 Å². The molecule has 1 aromatic heterocycles. The molecule has 0 saturated carbocycles. The van der Waals surface area contributed by atoms with Gasteiger partial charge in [0.25, 0.3) is 0 Å². The van der Waals surface area contributed by atoms with Gasteiger partial charge < -0.3 is 5.32 Å². The van der Waals surface area contributed by atoms with E-state index in [9.17, 15) is 0 Å². The van der Waals surface area contributed by atoms with E-state index >= 15 is 0 Å². The van der Waals surface area contributed by atoms with E-state index < -0.39 is 0 Å². The van der Waals surface area contributed by atoms with Gasteiger partial charge in [-0.3, -0.25) is 4.98 Å². The molecule has 0 bridgehead atoms. The molecule has 0 spiro atoms. The highest BCUT2D eigenvalue weighted by atomic mass is 79.9. The third kappa shape index (κ3) is 3.43. The largest absolute Gasteiger partial charge is 0.313 e. The predicted octanol–water partition coefficient (Wildman–Crippen LogP) is 3.91. The van der Waals surface area contributed by atoms with Crippen LogP contribution in [0.25, 0.3) is 0 Å². The van der Waals surface area contributed by atoms with Crippen molar-refractivity contribution in [2.45, 2.75) is 25.8 Å². The predicted molar refractivity (Wildman–Crippen MR) is 83.3 cm³/mol. The SMILES string of the molecule is CCc1cnccc1C(Cc1ccccc1Br)NC. The van der Waals surface area contributed by atoms with E-state index in [2.05, 4.69) is 57.4 Å². The van der Waals surface area contributed by atoms with Gasteiger partial charge >= 0.3 is 0 Å². The number of benzene rings is 1. The lowest BCUT2D eigenvalue weighted by Crippen LogP contribution is -2.20. The molecular formula is C16H19BrN2. The molecule has 2 rings (SSSR count). The van der Waals surface area contributed by atoms with Gasteiger partial charge in [0.1, 0.15) is 0 Å². The summed E-state index contributed by atoms with van der Waals surface area (Å²) in [6.07, 6.45) is 5.82. The molecule has 1 aromatic carbocycles. The van der Waals surface area contributed by atoms with Gasteiger partial charge in [0, 0.05) is 22.9 Å². The van der Waals surface area contributed by atoms with Crippen molar-refractivity contribution in [2.75, 3.05) is 7.05 Å². The first-order valence-electron chi connectivity index (χ1n) is 6.59. The van der Waals surface area contributed by atoms with Gasteiger partial charge in [0.2, 0.25) is 0 Å². The Morgan fingerprint density at radius 2 is 2.00 bits per heavy atom. The highest BCUT2D eigenvalue weighted by Crippen LogP contribution is 2.25. The van der Waals surface area contributed by atoms with E-state index in [1.54, 1.807) is 0 Å². The summed E-state index contributed by atoms with van der Waals surface area (Å²) in [6.45, 7) is 2.17. The Kier molecular flexibility index (Phi) is 5.11. The second-order valence-corrected chi connectivity index (χ2v) is 5.42. The minimum absolute atomic E-state index is 0.316. The number of hydrogen-bond donors (Lipinski definition) is 1. The molecule has 19 heavy (non-hydrogen) atoms. The third-order valence-electron chi connectivity index (χ3n) is 3.43. The van der Waals surface area contributed by atoms with Gasteiger partial charge in [-0.05, 0) is 48.7 Å². The summed E-state index contributed by atoms with van der Waals surface area (Å²) >= 11 is 3.62. The van der Waals surface area contributed by atoms with Crippen molar-refractivity contribution < 1.29 is 0 Å². The number of likely N-dealkylation sites (N-methyl/N-ethyl adjacent to an activating group) is 1. The quantitative estimate of drug-likeness (QED) is 0.904. The van der Waals surface area contributed by atoms with Gasteiger partial charge in [0.15, 0.2) is 0 Å². The van der Waals surface area contributed by atoms with Crippen molar-refractivity contribution >= 4 is 15.9 Å². The van der Waals surface area contributed by atoms with Crippen LogP contribution in [0.4, 0.5) is 0 Å². The summed E-state index contributed by atoms with van der Waals surface area (Å²) in [6, 6.07) is 10.8. The highest BCUT2D eigenvalue weighted by Gasteiger charge is 2.14. The van der Waals surface area contributed by atoms with Crippen LogP contribution in [0, 0.1) is 0 Å². The Morgan fingerprint density at radius 3 is 2.68 bits per heavy atom. The zero-order chi connectivity index (χ0) is 13.7. The summed E-state index contributed by atoms with van der Waals surface area (Å²) in [4.78, 5) is 4.22. The molecule has 3 heteroatoms. The minimum Gasteiger partial charge on any atom is -0.313 e. The number of nitrogens with one attached hydrogen (secondary N) is 1. The van der Waals surface area contributed by atoms with Crippen molar-refractivity contribution in [3.63, 3.8) is 0 Å². The van der Waals surface area contributed by atoms with Crippen LogP contribution in [-0.4, -0.2) is 12.0 Å². The first kappa shape index (κ1) is 14.2. The Balaban J connectivity index is 2.28. The van der Waals surface area contributed by atoms with E-state index in [1.165, 1.54) is 21.2 Å². The van der Waals surface area contributed by atoms with Crippen LogP contribution >= 0.6 is 15.9 Å². The van der Waals surface area contributed by atoms with E-state index in [4.69, 9.17) is 0 Å². The number of nitrogens with zero attached hydrogens (tertiary/aromatic N) is 1. The summed E-state index contributed by atoms with van der Waals surface area (Å²) < 4.78 is 1.17. The normalized spacial score (nSPS) is 12.4. The molecule has 0 aliphatic rings. The molecule has 2 aromatic rings. The van der Waals surface area contributed by atoms with Crippen LogP contribution < -0.4 is 5.32 Å². The van der Waals surface area contributed by atoms with Gasteiger partial charge in [-0.15, -0.1) is 0 Å². The topological polar surface area (TPSA) is 24.9 Å². The third-order valence-corrected chi connectivity index (χ3v) is 4.20. The second-order valence-electron chi connectivity index (χ2n) is 4.56. The molecule has 1 atom stereocenters. The smallest absolute Gasteiger partial charge is 0.0362 e. The summed E-state index contributed by atoms with van der Waals surface area (Å²) in [5, 5.41) is 3.42. The fraction of sp³-hybridized carbons (Fsp3) is 0.312. The summed E-state index contributed by atoms with van der Waals surface area (Å²) in [5.41, 5.74) is 3.98. The monoisotopic (exact) mass is 318 g/mol. The zero-order valence-corrected chi connectivity index (χ0v) is 12.9. The van der Waals surface area contributed by atoms with Gasteiger partial charge in [-0.25, -0.2) is 0 Å². The van der Waals surface area contributed by atoms with Crippen molar-refractivity contribution in [3.05, 3.63) is 63.9 Å². The molecule has 0 saturated heterocycles. The van der Waals surface area contributed by atoms with Crippen molar-refractivity contribution in [2.24, 2.45) is 0 Å². The lowest BCUT2D eigenvalue weighted by Gasteiger charge is -2.20. The van der Waals surface area contributed by atoms with Crippen LogP contribution in [0.2, 0.25) is 0 Å². The number of pyridine rings is 1. The van der Waals surface area contributed by atoms with Crippen molar-refractivity contribution in [1.82, 2.24) is 10.3 Å². The average Bonchev–Trinajstić information content (AvgIpc) is 2.46. The van der Waals surface area contributed by atoms with Crippen molar-refractivity contribution in [3.8, 4) is 0 Å². The molecule has 0 aliphatic heterocycles. The lowest BCUT2D eigenvalue weighted by atomic mass is 9.95. The van der Waals surface area contributed by atoms with Crippen LogP contribution in [0.5, 0.6) is 0 Å². The Morgan fingerprint density at radius 1 is 1.21 bits per heavy atom. The molecular weight excluding hydrogens is 300 g/mol. The average molecular weight is 319 g/mol. The standard InChI is InChI=1S/C16H19BrN2/c1-3-12-11-19-9-8-14(12)16(18-2)10-13-6-4-5-7-15(13)17/h4-9,11,16,18H,3,10H2,1-2H3. The first-order chi connectivity index (χ1) is 9.26. The number of halogens is 1. The number of aromatic nitrogens is 1. The molecule has 0 fully saturated rings. The van der Waals surface area contributed by atoms with Gasteiger partial charge in [-0.2, -0.15) is 0 Å². The van der Waals surface area contributed by atoms with Crippen molar-refractivity contribution in [1.29, 1.82) is 0 Å². The zero-order valence-electron chi connectivity index (χ0n) is 11.4. The fourth-order valence-electron chi connectivity index (χ4n) is 2.32. The summed E-state index contributed by atoms with van der Waals surface area (Å²) in [5.74, 6) is 0. The van der Waals surface area contributed by atoms with Crippen LogP contribution in [0.1, 0.15) is 29.7 Å². The number of hydrogen-bond acceptors (Lipinski definition) is 2. The van der Waals surface area contributed by atoms with Crippen LogP contribution in [-0.2, 0) is 12.8 Å². The second kappa shape index (κ2) is 6.83. The van der Waals surface area contributed by atoms with E-state index in [-0.39, 0.29) is 0 Å². The molecule has 1 N–H and O–H groups in total. The maximum absolute atomic E-state index is 4.22. The maximum Gasteiger partial charge on any atom is 0.0362 e. The number of rotatable bonds is 5. The van der Waals surface area contributed by atoms with E-state index in [0.717, 1.165) is 12.8 Å². The van der Waals surface area contributed by atoms with Crippen LogP contribution in [0.3, 0.4) is 0 Å². The Labute approximate surface area is 123 Å². The molecule has 0 amide bonds. The van der Waals surface area contributed by atoms with Gasteiger partial charge in [0.05, 0.1) is 0 Å². The lowest BCUT2D eigenvalue weighted by molar-refractivity contribution is 0.585. The molecule has 1 unspecified atom stereocenters. The fourth-order valence-corrected chi connectivity index (χ4v) is 2.77. The van der Waals surface area contributed by atoms with E-state index in [1.807, 2.05) is 25.5 Å².